The molecule has 44 heavy (non-hydrogen) atoms. The predicted octanol–water partition coefficient (Wildman–Crippen LogP) is 3.91. The number of furan rings is 1. The fraction of sp³-hybridized carbons (Fsp3) is 0.267. The van der Waals surface area contributed by atoms with Crippen molar-refractivity contribution in [1.29, 1.82) is 0 Å². The van der Waals surface area contributed by atoms with Gasteiger partial charge in [-0.05, 0) is 61.9 Å². The van der Waals surface area contributed by atoms with Crippen molar-refractivity contribution in [2.24, 2.45) is 5.10 Å². The van der Waals surface area contributed by atoms with E-state index in [0.29, 0.717) is 57.0 Å². The Morgan fingerprint density at radius 1 is 1.09 bits per heavy atom. The third kappa shape index (κ3) is 7.49. The highest BCUT2D eigenvalue weighted by molar-refractivity contribution is 6.33. The number of esters is 2. The van der Waals surface area contributed by atoms with Gasteiger partial charge in [0.05, 0.1) is 49.2 Å². The molecule has 1 aromatic heterocycles. The number of rotatable bonds is 12. The smallest absolute Gasteiger partial charge is 0.337 e. The molecule has 0 radical (unpaired) electrons. The number of hydrogen-bond donors (Lipinski definition) is 4. The van der Waals surface area contributed by atoms with Crippen molar-refractivity contribution in [2.45, 2.75) is 26.1 Å². The van der Waals surface area contributed by atoms with Gasteiger partial charge in [-0.2, -0.15) is 5.10 Å². The number of benzene rings is 2. The van der Waals surface area contributed by atoms with Gasteiger partial charge >= 0.3 is 18.0 Å². The molecule has 14 heteroatoms. The Morgan fingerprint density at radius 2 is 1.86 bits per heavy atom. The first kappa shape index (κ1) is 31.9. The minimum atomic E-state index is -1.21. The van der Waals surface area contributed by atoms with E-state index in [9.17, 15) is 19.5 Å². The summed E-state index contributed by atoms with van der Waals surface area (Å²) in [6.45, 7) is 3.52. The van der Waals surface area contributed by atoms with Crippen LogP contribution in [0.25, 0.3) is 11.3 Å². The number of aliphatic hydroxyl groups is 1. The number of hydrogen-bond acceptors (Lipinski definition) is 11. The van der Waals surface area contributed by atoms with Crippen molar-refractivity contribution < 1.29 is 42.9 Å². The average Bonchev–Trinajstić information content (AvgIpc) is 3.48. The Kier molecular flexibility index (Phi) is 10.5. The average molecular weight is 627 g/mol. The quantitative estimate of drug-likeness (QED) is 0.100. The highest BCUT2D eigenvalue weighted by Crippen LogP contribution is 2.35. The lowest BCUT2D eigenvalue weighted by Crippen LogP contribution is -2.45. The molecule has 3 aromatic rings. The van der Waals surface area contributed by atoms with Gasteiger partial charge in [-0.1, -0.05) is 17.7 Å². The Hall–Kier alpha value is -5.01. The molecule has 232 valence electrons. The number of ether oxygens (including phenoxy) is 4. The van der Waals surface area contributed by atoms with Crippen LogP contribution in [0.15, 0.2) is 69.3 Å². The lowest BCUT2D eigenvalue weighted by Gasteiger charge is -2.28. The second-order valence-corrected chi connectivity index (χ2v) is 9.71. The second kappa shape index (κ2) is 14.4. The molecule has 2 heterocycles. The molecule has 13 nitrogen and oxygen atoms in total. The van der Waals surface area contributed by atoms with Crippen LogP contribution in [0.1, 0.15) is 41.6 Å². The summed E-state index contributed by atoms with van der Waals surface area (Å²) in [4.78, 5) is 36.4. The molecular formula is C30H31ClN4O9. The summed E-state index contributed by atoms with van der Waals surface area (Å²) in [6.07, 6.45) is 0.147. The third-order valence-corrected chi connectivity index (χ3v) is 6.70. The van der Waals surface area contributed by atoms with Crippen molar-refractivity contribution in [3.63, 3.8) is 0 Å². The van der Waals surface area contributed by atoms with Crippen LogP contribution in [0.2, 0.25) is 5.02 Å². The Bertz CT molecular complexity index is 1600. The topological polar surface area (TPSA) is 170 Å². The fourth-order valence-electron chi connectivity index (χ4n) is 4.33. The van der Waals surface area contributed by atoms with E-state index in [1.54, 1.807) is 62.4 Å². The molecule has 0 bridgehead atoms. The van der Waals surface area contributed by atoms with Gasteiger partial charge in [0.1, 0.15) is 18.1 Å². The van der Waals surface area contributed by atoms with Gasteiger partial charge in [-0.15, -0.1) is 0 Å². The number of hydrazone groups is 1. The van der Waals surface area contributed by atoms with Crippen LogP contribution in [0.5, 0.6) is 11.5 Å². The standard InChI is InChI=1S/C30H31ClN4O9/c1-5-42-24-13-17(27-26(29(38)41-4)16(2)33-30(39)34-27)7-10-23(24)43-15-25(36)35-32-14-19-8-11-22(44-19)20-12-18(28(37)40-3)6-9-21(20)31/h6-14,25,27,35-36H,5,15H2,1-4H3,(H2,33,34,39)/b32-14-/t25-,27-/m1/s1. The lowest BCUT2D eigenvalue weighted by molar-refractivity contribution is -0.136. The number of urea groups is 1. The largest absolute Gasteiger partial charge is 0.490 e. The highest BCUT2D eigenvalue weighted by atomic mass is 35.5. The molecular weight excluding hydrogens is 596 g/mol. The van der Waals surface area contributed by atoms with Gasteiger partial charge in [0, 0.05) is 11.3 Å². The predicted molar refractivity (Wildman–Crippen MR) is 159 cm³/mol. The van der Waals surface area contributed by atoms with Crippen molar-refractivity contribution in [3.05, 3.63) is 81.7 Å². The van der Waals surface area contributed by atoms with Gasteiger partial charge in [-0.3, -0.25) is 5.43 Å². The lowest BCUT2D eigenvalue weighted by atomic mass is 9.95. The van der Waals surface area contributed by atoms with E-state index in [2.05, 4.69) is 21.2 Å². The third-order valence-electron chi connectivity index (χ3n) is 6.37. The molecule has 2 amide bonds. The van der Waals surface area contributed by atoms with E-state index in [0.717, 1.165) is 0 Å². The van der Waals surface area contributed by atoms with Crippen LogP contribution >= 0.6 is 11.6 Å². The minimum Gasteiger partial charge on any atom is -0.490 e. The zero-order valence-electron chi connectivity index (χ0n) is 24.3. The maximum absolute atomic E-state index is 12.4. The minimum absolute atomic E-state index is 0.202. The normalized spacial score (nSPS) is 15.3. The van der Waals surface area contributed by atoms with Crippen molar-refractivity contribution in [3.8, 4) is 22.8 Å². The van der Waals surface area contributed by atoms with Crippen LogP contribution in [0.3, 0.4) is 0 Å². The summed E-state index contributed by atoms with van der Waals surface area (Å²) in [5.74, 6) is 0.337. The van der Waals surface area contributed by atoms with Crippen LogP contribution in [0, 0.1) is 0 Å². The summed E-state index contributed by atoms with van der Waals surface area (Å²) < 4.78 is 26.9. The van der Waals surface area contributed by atoms with Crippen LogP contribution in [-0.2, 0) is 14.3 Å². The molecule has 0 saturated heterocycles. The van der Waals surface area contributed by atoms with E-state index in [4.69, 9.17) is 35.0 Å². The van der Waals surface area contributed by atoms with E-state index < -0.39 is 30.2 Å². The number of nitrogens with zero attached hydrogens (tertiary/aromatic N) is 1. The van der Waals surface area contributed by atoms with Crippen LogP contribution in [-0.4, -0.2) is 63.0 Å². The molecule has 1 aliphatic heterocycles. The van der Waals surface area contributed by atoms with Gasteiger partial charge in [0.15, 0.2) is 17.7 Å². The molecule has 0 unspecified atom stereocenters. The van der Waals surface area contributed by atoms with Crippen molar-refractivity contribution in [1.82, 2.24) is 16.1 Å². The molecule has 2 atom stereocenters. The number of amides is 2. The maximum atomic E-state index is 12.4. The Morgan fingerprint density at radius 3 is 2.59 bits per heavy atom. The highest BCUT2D eigenvalue weighted by Gasteiger charge is 2.32. The summed E-state index contributed by atoms with van der Waals surface area (Å²) in [5.41, 5.74) is 4.56. The number of nitrogens with one attached hydrogen (secondary N) is 3. The van der Waals surface area contributed by atoms with E-state index >= 15 is 0 Å². The first-order chi connectivity index (χ1) is 21.1. The Labute approximate surface area is 257 Å². The first-order valence-electron chi connectivity index (χ1n) is 13.4. The number of allylic oxidation sites excluding steroid dienone is 1. The second-order valence-electron chi connectivity index (χ2n) is 9.30. The van der Waals surface area contributed by atoms with Crippen molar-refractivity contribution in [2.75, 3.05) is 27.4 Å². The number of carbonyl (C=O) groups is 3. The molecule has 1 aliphatic rings. The van der Waals surface area contributed by atoms with E-state index in [-0.39, 0.29) is 12.2 Å². The monoisotopic (exact) mass is 626 g/mol. The SMILES string of the molecule is CCOc1cc([C@H]2NC(=O)NC(C)=C2C(=O)OC)ccc1OC[C@@H](O)N/N=C\c1ccc(-c2cc(C(=O)OC)ccc2Cl)o1. The summed E-state index contributed by atoms with van der Waals surface area (Å²) in [6, 6.07) is 11.7. The summed E-state index contributed by atoms with van der Waals surface area (Å²) in [7, 11) is 2.55. The molecule has 0 aliphatic carbocycles. The Balaban J connectivity index is 1.40. The summed E-state index contributed by atoms with van der Waals surface area (Å²) in [5, 5.41) is 20.1. The van der Waals surface area contributed by atoms with E-state index in [1.165, 1.54) is 20.4 Å². The van der Waals surface area contributed by atoms with Gasteiger partial charge in [0.25, 0.3) is 0 Å². The zero-order chi connectivity index (χ0) is 31.8. The first-order valence-corrected chi connectivity index (χ1v) is 13.7. The fourth-order valence-corrected chi connectivity index (χ4v) is 4.55. The molecule has 2 aromatic carbocycles. The molecule has 0 spiro atoms. The number of methoxy groups -OCH3 is 2. The van der Waals surface area contributed by atoms with Crippen LogP contribution in [0.4, 0.5) is 4.79 Å². The van der Waals surface area contributed by atoms with Crippen molar-refractivity contribution >= 4 is 35.8 Å². The number of halogens is 1. The van der Waals surface area contributed by atoms with E-state index in [1.807, 2.05) is 0 Å². The molecule has 0 saturated carbocycles. The molecule has 4 N–H and O–H groups in total. The van der Waals surface area contributed by atoms with Crippen LogP contribution < -0.4 is 25.5 Å². The molecule has 0 fully saturated rings. The zero-order valence-corrected chi connectivity index (χ0v) is 25.1. The van der Waals surface area contributed by atoms with Gasteiger partial charge in [0.2, 0.25) is 0 Å². The number of carbonyl (C=O) groups excluding carboxylic acids is 3. The number of aliphatic hydroxyl groups excluding tert-OH is 1. The maximum Gasteiger partial charge on any atom is 0.337 e. The summed E-state index contributed by atoms with van der Waals surface area (Å²) >= 11 is 6.28. The van der Waals surface area contributed by atoms with Gasteiger partial charge < -0.3 is 39.1 Å². The molecule has 4 rings (SSSR count). The van der Waals surface area contributed by atoms with Gasteiger partial charge in [-0.25, -0.2) is 14.4 Å².